The summed E-state index contributed by atoms with van der Waals surface area (Å²) in [6.07, 6.45) is 6.15. The molecule has 2 aromatic carbocycles. The minimum atomic E-state index is -0.292. The molecule has 1 aliphatic heterocycles. The molecule has 2 aromatic heterocycles. The van der Waals surface area contributed by atoms with Gasteiger partial charge in [0, 0.05) is 50.9 Å². The molecule has 4 aromatic rings. The van der Waals surface area contributed by atoms with Crippen molar-refractivity contribution in [3.05, 3.63) is 78.1 Å². The third-order valence-electron chi connectivity index (χ3n) is 7.97. The standard InChI is InChI=1S/C32H41N7O2/c1-24(26-9-5-4-6-10-26)35-31-28-21-29(36-32(28)34-23-33-31)27-14-12-25(13-15-27)22-39-19-17-38(18-20-39)16-8-3-2-7-11-30(40)37-41/h4-6,9-10,12-15,21,23-24,41H,2-3,7-8,11,16-20,22H2,1H3,(H,37,40)(H2,33,34,35,36)/t24-/m1/s1. The summed E-state index contributed by atoms with van der Waals surface area (Å²) in [7, 11) is 0. The SMILES string of the molecule is C[C@@H](Nc1ncnc2[nH]c(-c3ccc(CN4CCN(CCCCCCC(=O)NO)CC4)cc3)cc12)c1ccccc1. The van der Waals surface area contributed by atoms with E-state index in [2.05, 4.69) is 91.6 Å². The molecular formula is C32H41N7O2. The number of aromatic amines is 1. The third-order valence-corrected chi connectivity index (χ3v) is 7.97. The van der Waals surface area contributed by atoms with E-state index in [9.17, 15) is 4.79 Å². The van der Waals surface area contributed by atoms with E-state index in [4.69, 9.17) is 5.21 Å². The second-order valence-corrected chi connectivity index (χ2v) is 11.0. The molecule has 1 amide bonds. The van der Waals surface area contributed by atoms with Crippen LogP contribution in [0.4, 0.5) is 5.82 Å². The Labute approximate surface area is 242 Å². The number of hydrogen-bond acceptors (Lipinski definition) is 7. The van der Waals surface area contributed by atoms with Crippen molar-refractivity contribution in [3.8, 4) is 11.3 Å². The van der Waals surface area contributed by atoms with Crippen molar-refractivity contribution in [1.82, 2.24) is 30.2 Å². The number of carbonyl (C=O) groups is 1. The first-order chi connectivity index (χ1) is 20.1. The number of unbranched alkanes of at least 4 members (excludes halogenated alkanes) is 3. The molecule has 1 aliphatic rings. The largest absolute Gasteiger partial charge is 0.363 e. The number of benzene rings is 2. The van der Waals surface area contributed by atoms with Gasteiger partial charge in [-0.05, 0) is 49.1 Å². The lowest BCUT2D eigenvalue weighted by atomic mass is 10.1. The Kier molecular flexibility index (Phi) is 9.96. The van der Waals surface area contributed by atoms with Gasteiger partial charge in [0.1, 0.15) is 17.8 Å². The van der Waals surface area contributed by atoms with Gasteiger partial charge in [-0.1, -0.05) is 67.4 Å². The molecule has 1 atom stereocenters. The number of piperazine rings is 1. The van der Waals surface area contributed by atoms with Gasteiger partial charge in [0.25, 0.3) is 0 Å². The van der Waals surface area contributed by atoms with Gasteiger partial charge < -0.3 is 15.2 Å². The van der Waals surface area contributed by atoms with E-state index in [0.717, 1.165) is 93.1 Å². The molecule has 216 valence electrons. The summed E-state index contributed by atoms with van der Waals surface area (Å²) in [6, 6.07) is 21.5. The molecule has 5 rings (SSSR count). The van der Waals surface area contributed by atoms with Crippen molar-refractivity contribution in [3.63, 3.8) is 0 Å². The van der Waals surface area contributed by atoms with Crippen LogP contribution in [-0.4, -0.2) is 68.6 Å². The first-order valence-corrected chi connectivity index (χ1v) is 14.7. The monoisotopic (exact) mass is 555 g/mol. The maximum Gasteiger partial charge on any atom is 0.243 e. The lowest BCUT2D eigenvalue weighted by Gasteiger charge is -2.34. The lowest BCUT2D eigenvalue weighted by molar-refractivity contribution is -0.129. The smallest absolute Gasteiger partial charge is 0.243 e. The van der Waals surface area contributed by atoms with Gasteiger partial charge in [0.15, 0.2) is 0 Å². The highest BCUT2D eigenvalue weighted by atomic mass is 16.5. The summed E-state index contributed by atoms with van der Waals surface area (Å²) in [4.78, 5) is 28.6. The number of carbonyl (C=O) groups excluding carboxylic acids is 1. The second-order valence-electron chi connectivity index (χ2n) is 11.0. The number of rotatable bonds is 13. The van der Waals surface area contributed by atoms with Gasteiger partial charge in [0.2, 0.25) is 5.91 Å². The van der Waals surface area contributed by atoms with Crippen LogP contribution in [0.15, 0.2) is 67.0 Å². The number of aromatic nitrogens is 3. The van der Waals surface area contributed by atoms with Crippen LogP contribution in [0.25, 0.3) is 22.3 Å². The fourth-order valence-electron chi connectivity index (χ4n) is 5.49. The molecule has 4 N–H and O–H groups in total. The van der Waals surface area contributed by atoms with E-state index >= 15 is 0 Å². The zero-order valence-corrected chi connectivity index (χ0v) is 23.9. The van der Waals surface area contributed by atoms with Crippen LogP contribution in [0, 0.1) is 0 Å². The summed E-state index contributed by atoms with van der Waals surface area (Å²) in [5.41, 5.74) is 7.23. The number of nitrogens with zero attached hydrogens (tertiary/aromatic N) is 4. The minimum Gasteiger partial charge on any atom is -0.363 e. The van der Waals surface area contributed by atoms with Crippen molar-refractivity contribution in [2.45, 2.75) is 51.6 Å². The Morgan fingerprint density at radius 3 is 2.44 bits per heavy atom. The molecule has 9 heteroatoms. The molecule has 3 heterocycles. The Morgan fingerprint density at radius 1 is 0.951 bits per heavy atom. The van der Waals surface area contributed by atoms with Gasteiger partial charge in [-0.2, -0.15) is 0 Å². The minimum absolute atomic E-state index is 0.132. The molecule has 1 saturated heterocycles. The summed E-state index contributed by atoms with van der Waals surface area (Å²) >= 11 is 0. The van der Waals surface area contributed by atoms with E-state index in [0.29, 0.717) is 6.42 Å². The quantitative estimate of drug-likeness (QED) is 0.0997. The normalized spacial score (nSPS) is 15.2. The van der Waals surface area contributed by atoms with E-state index in [1.807, 2.05) is 6.07 Å². The number of nitrogens with one attached hydrogen (secondary N) is 3. The number of fused-ring (bicyclic) bond motifs is 1. The Hall–Kier alpha value is -3.79. The van der Waals surface area contributed by atoms with Crippen LogP contribution in [-0.2, 0) is 11.3 Å². The number of amides is 1. The molecule has 0 unspecified atom stereocenters. The molecule has 9 nitrogen and oxygen atoms in total. The Morgan fingerprint density at radius 2 is 1.68 bits per heavy atom. The highest BCUT2D eigenvalue weighted by molar-refractivity contribution is 5.91. The summed E-state index contributed by atoms with van der Waals surface area (Å²) < 4.78 is 0. The van der Waals surface area contributed by atoms with Gasteiger partial charge in [-0.15, -0.1) is 0 Å². The molecule has 0 radical (unpaired) electrons. The summed E-state index contributed by atoms with van der Waals surface area (Å²) in [5.74, 6) is 0.538. The van der Waals surface area contributed by atoms with Crippen LogP contribution < -0.4 is 10.8 Å². The predicted octanol–water partition coefficient (Wildman–Crippen LogP) is 5.37. The fraction of sp³-hybridized carbons (Fsp3) is 0.406. The second kappa shape index (κ2) is 14.2. The van der Waals surface area contributed by atoms with E-state index in [1.54, 1.807) is 11.8 Å². The summed E-state index contributed by atoms with van der Waals surface area (Å²) in [6.45, 7) is 8.58. The van der Waals surface area contributed by atoms with Gasteiger partial charge in [-0.3, -0.25) is 14.9 Å². The lowest BCUT2D eigenvalue weighted by Crippen LogP contribution is -2.46. The maximum absolute atomic E-state index is 11.1. The highest BCUT2D eigenvalue weighted by Gasteiger charge is 2.17. The summed E-state index contributed by atoms with van der Waals surface area (Å²) in [5, 5.41) is 13.1. The Bertz CT molecular complexity index is 1380. The van der Waals surface area contributed by atoms with Crippen molar-refractivity contribution in [2.75, 3.05) is 38.0 Å². The predicted molar refractivity (Wildman–Crippen MR) is 163 cm³/mol. The average Bonchev–Trinajstić information content (AvgIpc) is 3.46. The number of hydroxylamine groups is 1. The van der Waals surface area contributed by atoms with Gasteiger partial charge in [-0.25, -0.2) is 15.4 Å². The fourth-order valence-corrected chi connectivity index (χ4v) is 5.49. The molecule has 0 bridgehead atoms. The first kappa shape index (κ1) is 28.7. The van der Waals surface area contributed by atoms with E-state index < -0.39 is 0 Å². The third kappa shape index (κ3) is 7.91. The number of hydrogen-bond donors (Lipinski definition) is 4. The first-order valence-electron chi connectivity index (χ1n) is 14.7. The molecule has 0 aliphatic carbocycles. The molecule has 0 spiro atoms. The molecule has 41 heavy (non-hydrogen) atoms. The number of H-pyrrole nitrogens is 1. The van der Waals surface area contributed by atoms with Crippen LogP contribution >= 0.6 is 0 Å². The van der Waals surface area contributed by atoms with Crippen LogP contribution in [0.3, 0.4) is 0 Å². The zero-order chi connectivity index (χ0) is 28.4. The van der Waals surface area contributed by atoms with Crippen LogP contribution in [0.2, 0.25) is 0 Å². The van der Waals surface area contributed by atoms with Crippen molar-refractivity contribution < 1.29 is 10.0 Å². The molecular weight excluding hydrogens is 514 g/mol. The molecule has 1 fully saturated rings. The number of anilines is 1. The van der Waals surface area contributed by atoms with Crippen molar-refractivity contribution >= 4 is 22.8 Å². The van der Waals surface area contributed by atoms with Gasteiger partial charge in [0.05, 0.1) is 5.39 Å². The Balaban J connectivity index is 1.10. The van der Waals surface area contributed by atoms with Crippen LogP contribution in [0.5, 0.6) is 0 Å². The zero-order valence-electron chi connectivity index (χ0n) is 23.9. The average molecular weight is 556 g/mol. The van der Waals surface area contributed by atoms with Gasteiger partial charge >= 0.3 is 0 Å². The van der Waals surface area contributed by atoms with Crippen LogP contribution in [0.1, 0.15) is 56.2 Å². The maximum atomic E-state index is 11.1. The molecule has 0 saturated carbocycles. The van der Waals surface area contributed by atoms with E-state index in [-0.39, 0.29) is 11.9 Å². The van der Waals surface area contributed by atoms with E-state index in [1.165, 1.54) is 11.1 Å². The topological polar surface area (TPSA) is 109 Å². The van der Waals surface area contributed by atoms with Crippen molar-refractivity contribution in [1.29, 1.82) is 0 Å². The highest BCUT2D eigenvalue weighted by Crippen LogP contribution is 2.29. The van der Waals surface area contributed by atoms with Crippen molar-refractivity contribution in [2.24, 2.45) is 0 Å².